The van der Waals surface area contributed by atoms with Crippen molar-refractivity contribution in [3.63, 3.8) is 0 Å². The SMILES string of the molecule is O=C(c1cccnc1Oc1ccccc1)N1CCCN(Cc2ccc(F)c(F)c2)CC1. The van der Waals surface area contributed by atoms with Crippen LogP contribution in [0.1, 0.15) is 22.3 Å². The molecular weight excluding hydrogens is 400 g/mol. The highest BCUT2D eigenvalue weighted by Gasteiger charge is 2.24. The predicted octanol–water partition coefficient (Wildman–Crippen LogP) is 4.50. The fourth-order valence-electron chi connectivity index (χ4n) is 3.63. The van der Waals surface area contributed by atoms with Crippen LogP contribution in [0.4, 0.5) is 8.78 Å². The number of halogens is 2. The monoisotopic (exact) mass is 423 g/mol. The second-order valence-corrected chi connectivity index (χ2v) is 7.44. The number of carbonyl (C=O) groups is 1. The van der Waals surface area contributed by atoms with Gasteiger partial charge in [0.05, 0.1) is 0 Å². The Morgan fingerprint density at radius 2 is 1.77 bits per heavy atom. The summed E-state index contributed by atoms with van der Waals surface area (Å²) in [6.07, 6.45) is 2.38. The maximum Gasteiger partial charge on any atom is 0.259 e. The third kappa shape index (κ3) is 5.24. The van der Waals surface area contributed by atoms with Gasteiger partial charge in [-0.3, -0.25) is 9.69 Å². The van der Waals surface area contributed by atoms with E-state index in [1.54, 1.807) is 29.3 Å². The number of pyridine rings is 1. The van der Waals surface area contributed by atoms with Crippen LogP contribution in [0.15, 0.2) is 66.9 Å². The standard InChI is InChI=1S/C24H23F2N3O2/c25-21-10-9-18(16-22(21)26)17-28-12-5-13-29(15-14-28)24(30)20-8-4-11-27-23(20)31-19-6-2-1-3-7-19/h1-4,6-11,16H,5,12-15,17H2. The highest BCUT2D eigenvalue weighted by atomic mass is 19.2. The van der Waals surface area contributed by atoms with Crippen molar-refractivity contribution in [3.05, 3.63) is 89.6 Å². The van der Waals surface area contributed by atoms with Crippen molar-refractivity contribution in [1.29, 1.82) is 0 Å². The van der Waals surface area contributed by atoms with E-state index in [4.69, 9.17) is 4.74 Å². The van der Waals surface area contributed by atoms with Gasteiger partial charge >= 0.3 is 0 Å². The Labute approximate surface area is 179 Å². The molecule has 1 aliphatic heterocycles. The lowest BCUT2D eigenvalue weighted by atomic mass is 10.2. The average molecular weight is 423 g/mol. The maximum atomic E-state index is 13.5. The number of carbonyl (C=O) groups excluding carboxylic acids is 1. The van der Waals surface area contributed by atoms with E-state index in [0.29, 0.717) is 43.1 Å². The fourth-order valence-corrected chi connectivity index (χ4v) is 3.63. The molecule has 1 amide bonds. The number of benzene rings is 2. The van der Waals surface area contributed by atoms with Gasteiger partial charge in [0.25, 0.3) is 5.91 Å². The van der Waals surface area contributed by atoms with E-state index in [1.165, 1.54) is 6.07 Å². The number of aromatic nitrogens is 1. The molecule has 5 nitrogen and oxygen atoms in total. The van der Waals surface area contributed by atoms with E-state index >= 15 is 0 Å². The van der Waals surface area contributed by atoms with E-state index in [2.05, 4.69) is 9.88 Å². The average Bonchev–Trinajstić information content (AvgIpc) is 3.02. The highest BCUT2D eigenvalue weighted by molar-refractivity contribution is 5.96. The van der Waals surface area contributed by atoms with Crippen molar-refractivity contribution in [1.82, 2.24) is 14.8 Å². The molecule has 160 valence electrons. The minimum Gasteiger partial charge on any atom is -0.438 e. The summed E-state index contributed by atoms with van der Waals surface area (Å²) in [6.45, 7) is 3.05. The molecule has 3 aromatic rings. The Bertz CT molecular complexity index is 1050. The van der Waals surface area contributed by atoms with Crippen molar-refractivity contribution in [3.8, 4) is 11.6 Å². The molecule has 0 N–H and O–H groups in total. The molecule has 1 saturated heterocycles. The van der Waals surface area contributed by atoms with Crippen LogP contribution in [0, 0.1) is 11.6 Å². The van der Waals surface area contributed by atoms with Gasteiger partial charge in [-0.2, -0.15) is 0 Å². The van der Waals surface area contributed by atoms with Crippen molar-refractivity contribution in [2.75, 3.05) is 26.2 Å². The summed E-state index contributed by atoms with van der Waals surface area (Å²) in [7, 11) is 0. The van der Waals surface area contributed by atoms with Crippen LogP contribution in [0.2, 0.25) is 0 Å². The second kappa shape index (κ2) is 9.66. The van der Waals surface area contributed by atoms with Crippen LogP contribution >= 0.6 is 0 Å². The van der Waals surface area contributed by atoms with Crippen LogP contribution in [-0.4, -0.2) is 46.9 Å². The third-order valence-electron chi connectivity index (χ3n) is 5.23. The zero-order valence-electron chi connectivity index (χ0n) is 17.0. The summed E-state index contributed by atoms with van der Waals surface area (Å²) in [5.41, 5.74) is 1.13. The van der Waals surface area contributed by atoms with Crippen molar-refractivity contribution < 1.29 is 18.3 Å². The number of ether oxygens (including phenoxy) is 1. The van der Waals surface area contributed by atoms with Crippen LogP contribution < -0.4 is 4.74 Å². The molecule has 7 heteroatoms. The van der Waals surface area contributed by atoms with Crippen LogP contribution in [0.25, 0.3) is 0 Å². The van der Waals surface area contributed by atoms with Gasteiger partial charge < -0.3 is 9.64 Å². The molecule has 0 aliphatic carbocycles. The summed E-state index contributed by atoms with van der Waals surface area (Å²) in [5.74, 6) is -0.924. The molecule has 4 rings (SSSR count). The topological polar surface area (TPSA) is 45.7 Å². The lowest BCUT2D eigenvalue weighted by Crippen LogP contribution is -2.35. The molecule has 1 aliphatic rings. The summed E-state index contributed by atoms with van der Waals surface area (Å²) in [6, 6.07) is 16.6. The largest absolute Gasteiger partial charge is 0.438 e. The van der Waals surface area contributed by atoms with Gasteiger partial charge in [0.2, 0.25) is 5.88 Å². The molecule has 0 radical (unpaired) electrons. The molecular formula is C24H23F2N3O2. The van der Waals surface area contributed by atoms with Gasteiger partial charge in [-0.15, -0.1) is 0 Å². The Kier molecular flexibility index (Phi) is 6.52. The summed E-state index contributed by atoms with van der Waals surface area (Å²) in [5, 5.41) is 0. The molecule has 0 bridgehead atoms. The Morgan fingerprint density at radius 3 is 2.58 bits per heavy atom. The minimum atomic E-state index is -0.846. The Balaban J connectivity index is 1.42. The molecule has 2 aromatic carbocycles. The smallest absolute Gasteiger partial charge is 0.259 e. The van der Waals surface area contributed by atoms with Gasteiger partial charge in [0.15, 0.2) is 11.6 Å². The molecule has 1 fully saturated rings. The van der Waals surface area contributed by atoms with Gasteiger partial charge in [0.1, 0.15) is 11.3 Å². The molecule has 0 unspecified atom stereocenters. The molecule has 0 saturated carbocycles. The first-order valence-electron chi connectivity index (χ1n) is 10.2. The van der Waals surface area contributed by atoms with Gasteiger partial charge in [-0.1, -0.05) is 24.3 Å². The summed E-state index contributed by atoms with van der Waals surface area (Å²) in [4.78, 5) is 21.4. The van der Waals surface area contributed by atoms with Crippen molar-refractivity contribution >= 4 is 5.91 Å². The minimum absolute atomic E-state index is 0.131. The van der Waals surface area contributed by atoms with Crippen LogP contribution in [-0.2, 0) is 6.54 Å². The molecule has 1 aromatic heterocycles. The lowest BCUT2D eigenvalue weighted by Gasteiger charge is -2.22. The zero-order valence-corrected chi connectivity index (χ0v) is 17.0. The molecule has 2 heterocycles. The zero-order chi connectivity index (χ0) is 21.6. The first kappa shape index (κ1) is 20.9. The van der Waals surface area contributed by atoms with Gasteiger partial charge in [-0.25, -0.2) is 13.8 Å². The van der Waals surface area contributed by atoms with Crippen molar-refractivity contribution in [2.24, 2.45) is 0 Å². The second-order valence-electron chi connectivity index (χ2n) is 7.44. The Hall–Kier alpha value is -3.32. The quantitative estimate of drug-likeness (QED) is 0.606. The summed E-state index contributed by atoms with van der Waals surface area (Å²) < 4.78 is 32.5. The highest BCUT2D eigenvalue weighted by Crippen LogP contribution is 2.24. The number of rotatable bonds is 5. The van der Waals surface area contributed by atoms with Gasteiger partial charge in [0, 0.05) is 38.9 Å². The van der Waals surface area contributed by atoms with E-state index in [-0.39, 0.29) is 11.8 Å². The number of amides is 1. The molecule has 0 spiro atoms. The lowest BCUT2D eigenvalue weighted by molar-refractivity contribution is 0.0757. The number of nitrogens with zero attached hydrogens (tertiary/aromatic N) is 3. The number of hydrogen-bond acceptors (Lipinski definition) is 4. The van der Waals surface area contributed by atoms with Gasteiger partial charge in [-0.05, 0) is 48.4 Å². The normalized spacial score (nSPS) is 14.8. The van der Waals surface area contributed by atoms with E-state index in [1.807, 2.05) is 30.3 Å². The van der Waals surface area contributed by atoms with Crippen LogP contribution in [0.3, 0.4) is 0 Å². The van der Waals surface area contributed by atoms with E-state index < -0.39 is 11.6 Å². The first-order chi connectivity index (χ1) is 15.1. The third-order valence-corrected chi connectivity index (χ3v) is 5.23. The van der Waals surface area contributed by atoms with Crippen LogP contribution in [0.5, 0.6) is 11.6 Å². The maximum absolute atomic E-state index is 13.5. The predicted molar refractivity (Wildman–Crippen MR) is 113 cm³/mol. The van der Waals surface area contributed by atoms with Crippen molar-refractivity contribution in [2.45, 2.75) is 13.0 Å². The van der Waals surface area contributed by atoms with E-state index in [0.717, 1.165) is 19.0 Å². The van der Waals surface area contributed by atoms with E-state index in [9.17, 15) is 13.6 Å². The Morgan fingerprint density at radius 1 is 0.935 bits per heavy atom. The number of para-hydroxylation sites is 1. The number of hydrogen-bond donors (Lipinski definition) is 0. The first-order valence-corrected chi connectivity index (χ1v) is 10.2. The summed E-state index contributed by atoms with van der Waals surface area (Å²) >= 11 is 0. The molecule has 0 atom stereocenters. The molecule has 31 heavy (non-hydrogen) atoms. The fraction of sp³-hybridized carbons (Fsp3) is 0.250.